The van der Waals surface area contributed by atoms with Crippen LogP contribution in [-0.2, 0) is 30.8 Å². The number of urea groups is 1. The zero-order valence-electron chi connectivity index (χ0n) is 15.3. The zero-order valence-corrected chi connectivity index (χ0v) is 16.1. The van der Waals surface area contributed by atoms with Crippen LogP contribution in [0.4, 0.5) is 10.6 Å². The van der Waals surface area contributed by atoms with E-state index < -0.39 is 0 Å². The van der Waals surface area contributed by atoms with E-state index in [1.807, 2.05) is 47.8 Å². The first-order valence-corrected chi connectivity index (χ1v) is 10.0. The zero-order chi connectivity index (χ0) is 19.3. The van der Waals surface area contributed by atoms with Crippen molar-refractivity contribution in [1.29, 1.82) is 0 Å². The molecule has 1 aliphatic heterocycles. The van der Waals surface area contributed by atoms with Crippen molar-refractivity contribution in [3.63, 3.8) is 0 Å². The first-order valence-electron chi connectivity index (χ1n) is 9.14. The molecule has 3 heterocycles. The molecule has 0 saturated heterocycles. The summed E-state index contributed by atoms with van der Waals surface area (Å²) in [4.78, 5) is 27.6. The smallest absolute Gasteiger partial charge is 0.318 e. The maximum atomic E-state index is 12.4. The third-order valence-corrected chi connectivity index (χ3v) is 5.60. The molecule has 1 aliphatic rings. The van der Waals surface area contributed by atoms with E-state index in [-0.39, 0.29) is 11.9 Å². The average Bonchev–Trinajstić information content (AvgIpc) is 3.44. The van der Waals surface area contributed by atoms with Gasteiger partial charge in [-0.2, -0.15) is 5.10 Å². The van der Waals surface area contributed by atoms with Crippen molar-refractivity contribution >= 4 is 29.1 Å². The number of aryl methyl sites for hydroxylation is 1. The molecule has 0 saturated carbocycles. The fourth-order valence-electron chi connectivity index (χ4n) is 3.16. The first kappa shape index (κ1) is 18.2. The van der Waals surface area contributed by atoms with Crippen LogP contribution >= 0.6 is 11.3 Å². The number of nitrogens with zero attached hydrogens (tertiary/aromatic N) is 2. The van der Waals surface area contributed by atoms with Crippen LogP contribution in [0.2, 0.25) is 0 Å². The fraction of sp³-hybridized carbons (Fsp3) is 0.250. The summed E-state index contributed by atoms with van der Waals surface area (Å²) >= 11 is 1.65. The van der Waals surface area contributed by atoms with E-state index in [4.69, 9.17) is 0 Å². The Balaban J connectivity index is 1.30. The van der Waals surface area contributed by atoms with Gasteiger partial charge in [0.15, 0.2) is 0 Å². The Bertz CT molecular complexity index is 952. The second-order valence-electron chi connectivity index (χ2n) is 6.65. The summed E-state index contributed by atoms with van der Waals surface area (Å²) in [6.07, 6.45) is 1.13. The number of amides is 3. The molecule has 3 aromatic rings. The van der Waals surface area contributed by atoms with Gasteiger partial charge in [0.1, 0.15) is 5.82 Å². The number of nitrogens with one attached hydrogen (secondary N) is 3. The molecule has 0 bridgehead atoms. The molecule has 0 aliphatic carbocycles. The van der Waals surface area contributed by atoms with Gasteiger partial charge in [0, 0.05) is 23.4 Å². The van der Waals surface area contributed by atoms with Gasteiger partial charge in [0.25, 0.3) is 0 Å². The van der Waals surface area contributed by atoms with Crippen LogP contribution in [0.15, 0.2) is 47.8 Å². The number of hydrogen-bond acceptors (Lipinski definition) is 4. The number of rotatable bonds is 6. The van der Waals surface area contributed by atoms with E-state index in [0.29, 0.717) is 38.3 Å². The van der Waals surface area contributed by atoms with E-state index in [2.05, 4.69) is 20.8 Å². The van der Waals surface area contributed by atoms with E-state index in [1.165, 1.54) is 4.88 Å². The lowest BCUT2D eigenvalue weighted by Crippen LogP contribution is -2.36. The Labute approximate surface area is 166 Å². The lowest BCUT2D eigenvalue weighted by atomic mass is 10.2. The van der Waals surface area contributed by atoms with Crippen LogP contribution in [0, 0.1) is 0 Å². The number of hydrogen-bond donors (Lipinski definition) is 3. The second-order valence-corrected chi connectivity index (χ2v) is 7.68. The summed E-state index contributed by atoms with van der Waals surface area (Å²) < 4.78 is 0. The largest absolute Gasteiger partial charge is 0.334 e. The van der Waals surface area contributed by atoms with E-state index >= 15 is 0 Å². The van der Waals surface area contributed by atoms with Gasteiger partial charge >= 0.3 is 6.03 Å². The molecule has 0 atom stereocenters. The number of H-pyrrole nitrogens is 1. The van der Waals surface area contributed by atoms with Crippen molar-refractivity contribution in [2.24, 2.45) is 0 Å². The first-order chi connectivity index (χ1) is 13.7. The lowest BCUT2D eigenvalue weighted by Gasteiger charge is -2.17. The highest BCUT2D eigenvalue weighted by molar-refractivity contribution is 7.09. The molecule has 0 spiro atoms. The van der Waals surface area contributed by atoms with Gasteiger partial charge in [-0.15, -0.1) is 11.3 Å². The summed E-state index contributed by atoms with van der Waals surface area (Å²) in [5.74, 6) is 0.524. The van der Waals surface area contributed by atoms with Gasteiger partial charge < -0.3 is 15.5 Å². The van der Waals surface area contributed by atoms with Gasteiger partial charge in [0.05, 0.1) is 18.8 Å². The SMILES string of the molecule is O=C(CCc1cccs1)Nc1[nH]nc2c1CN(C(=O)NCc1ccccc1)C2. The molecule has 144 valence electrons. The predicted molar refractivity (Wildman–Crippen MR) is 108 cm³/mol. The summed E-state index contributed by atoms with van der Waals surface area (Å²) in [5.41, 5.74) is 2.72. The standard InChI is InChI=1S/C20H21N5O2S/c26-18(9-8-15-7-4-10-28-15)22-19-16-12-25(13-17(16)23-24-19)20(27)21-11-14-5-2-1-3-6-14/h1-7,10H,8-9,11-13H2,(H,21,27)(H2,22,23,24,26). The summed E-state index contributed by atoms with van der Waals surface area (Å²) in [6, 6.07) is 13.6. The van der Waals surface area contributed by atoms with Crippen LogP contribution in [0.5, 0.6) is 0 Å². The predicted octanol–water partition coefficient (Wildman–Crippen LogP) is 3.27. The molecule has 0 fully saturated rings. The number of fused-ring (bicyclic) bond motifs is 1. The van der Waals surface area contributed by atoms with Crippen LogP contribution in [0.25, 0.3) is 0 Å². The molecule has 0 unspecified atom stereocenters. The van der Waals surface area contributed by atoms with Crippen LogP contribution < -0.4 is 10.6 Å². The Morgan fingerprint density at radius 3 is 2.79 bits per heavy atom. The van der Waals surface area contributed by atoms with Gasteiger partial charge in [-0.3, -0.25) is 9.89 Å². The third-order valence-electron chi connectivity index (χ3n) is 4.66. The highest BCUT2D eigenvalue weighted by atomic mass is 32.1. The highest BCUT2D eigenvalue weighted by Crippen LogP contribution is 2.27. The molecule has 3 N–H and O–H groups in total. The van der Waals surface area contributed by atoms with E-state index in [1.54, 1.807) is 16.2 Å². The normalized spacial score (nSPS) is 12.6. The van der Waals surface area contributed by atoms with Crippen LogP contribution in [0.1, 0.15) is 28.1 Å². The molecular weight excluding hydrogens is 374 g/mol. The maximum absolute atomic E-state index is 12.4. The topological polar surface area (TPSA) is 90.1 Å². The minimum atomic E-state index is -0.142. The van der Waals surface area contributed by atoms with Crippen LogP contribution in [0.3, 0.4) is 0 Å². The monoisotopic (exact) mass is 395 g/mol. The Morgan fingerprint density at radius 1 is 1.14 bits per heavy atom. The maximum Gasteiger partial charge on any atom is 0.318 e. The van der Waals surface area contributed by atoms with Crippen molar-refractivity contribution in [3.05, 3.63) is 69.5 Å². The van der Waals surface area contributed by atoms with Gasteiger partial charge in [-0.25, -0.2) is 4.79 Å². The molecule has 1 aromatic carbocycles. The molecular formula is C20H21N5O2S. The van der Waals surface area contributed by atoms with Crippen molar-refractivity contribution < 1.29 is 9.59 Å². The van der Waals surface area contributed by atoms with Crippen LogP contribution in [-0.4, -0.2) is 27.0 Å². The van der Waals surface area contributed by atoms with Gasteiger partial charge in [-0.1, -0.05) is 36.4 Å². The lowest BCUT2D eigenvalue weighted by molar-refractivity contribution is -0.116. The van der Waals surface area contributed by atoms with Crippen molar-refractivity contribution in [2.45, 2.75) is 32.5 Å². The Morgan fingerprint density at radius 2 is 2.00 bits per heavy atom. The Kier molecular flexibility index (Phi) is 5.38. The summed E-state index contributed by atoms with van der Waals surface area (Å²) in [7, 11) is 0. The van der Waals surface area contributed by atoms with Crippen molar-refractivity contribution in [3.8, 4) is 0 Å². The summed E-state index contributed by atoms with van der Waals surface area (Å²) in [5, 5.41) is 15.0. The Hall–Kier alpha value is -3.13. The molecule has 4 rings (SSSR count). The number of benzene rings is 1. The minimum absolute atomic E-state index is 0.0631. The quantitative estimate of drug-likeness (QED) is 0.598. The van der Waals surface area contributed by atoms with Gasteiger partial charge in [0.2, 0.25) is 5.91 Å². The molecule has 2 aromatic heterocycles. The number of thiophene rings is 1. The molecule has 28 heavy (non-hydrogen) atoms. The average molecular weight is 395 g/mol. The van der Waals surface area contributed by atoms with E-state index in [9.17, 15) is 9.59 Å². The minimum Gasteiger partial charge on any atom is -0.334 e. The number of carbonyl (C=O) groups is 2. The van der Waals surface area contributed by atoms with E-state index in [0.717, 1.165) is 16.8 Å². The molecule has 0 radical (unpaired) electrons. The molecule has 3 amide bonds. The summed E-state index contributed by atoms with van der Waals surface area (Å²) in [6.45, 7) is 1.33. The third kappa shape index (κ3) is 4.23. The van der Waals surface area contributed by atoms with Crippen molar-refractivity contribution in [2.75, 3.05) is 5.32 Å². The second kappa shape index (κ2) is 8.26. The number of aromatic nitrogens is 2. The van der Waals surface area contributed by atoms with Crippen molar-refractivity contribution in [1.82, 2.24) is 20.4 Å². The van der Waals surface area contributed by atoms with Gasteiger partial charge in [-0.05, 0) is 23.4 Å². The molecule has 7 nitrogen and oxygen atoms in total. The molecule has 8 heteroatoms. The number of carbonyl (C=O) groups excluding carboxylic acids is 2. The number of anilines is 1. The number of aromatic amines is 1. The fourth-order valence-corrected chi connectivity index (χ4v) is 3.87. The highest BCUT2D eigenvalue weighted by Gasteiger charge is 2.28.